The van der Waals surface area contributed by atoms with Crippen LogP contribution in [0.15, 0.2) is 48.8 Å². The van der Waals surface area contributed by atoms with Crippen molar-refractivity contribution in [2.45, 2.75) is 31.2 Å². The lowest BCUT2D eigenvalue weighted by molar-refractivity contribution is 0.419. The second kappa shape index (κ2) is 5.51. The number of hydrogen-bond acceptors (Lipinski definition) is 3. The minimum Gasteiger partial charge on any atom is -0.271 e. The van der Waals surface area contributed by atoms with Crippen LogP contribution in [-0.2, 0) is 0 Å². The molecule has 0 spiro atoms. The molecule has 1 fully saturated rings. The fraction of sp³-hybridized carbons (Fsp3) is 0.312. The van der Waals surface area contributed by atoms with E-state index in [2.05, 4.69) is 34.7 Å². The number of rotatable bonds is 4. The Kier molecular flexibility index (Phi) is 3.58. The lowest BCUT2D eigenvalue weighted by Gasteiger charge is -2.27. The molecule has 3 nitrogen and oxygen atoms in total. The average molecular weight is 253 g/mol. The van der Waals surface area contributed by atoms with Crippen LogP contribution in [-0.4, -0.2) is 4.98 Å². The average Bonchev–Trinajstić information content (AvgIpc) is 2.39. The number of pyridine rings is 1. The minimum absolute atomic E-state index is 0.0306. The minimum atomic E-state index is 0.0306. The van der Waals surface area contributed by atoms with Crippen molar-refractivity contribution < 1.29 is 0 Å². The predicted molar refractivity (Wildman–Crippen MR) is 76.4 cm³/mol. The Morgan fingerprint density at radius 3 is 2.53 bits per heavy atom. The number of hydrazine groups is 1. The van der Waals surface area contributed by atoms with Crippen molar-refractivity contribution in [1.82, 2.24) is 10.4 Å². The maximum atomic E-state index is 5.74. The lowest BCUT2D eigenvalue weighted by atomic mass is 9.79. The molecule has 0 amide bonds. The number of nitrogens with zero attached hydrogens (tertiary/aromatic N) is 1. The zero-order valence-corrected chi connectivity index (χ0v) is 10.9. The molecular weight excluding hydrogens is 234 g/mol. The van der Waals surface area contributed by atoms with E-state index in [9.17, 15) is 0 Å². The van der Waals surface area contributed by atoms with Gasteiger partial charge in [0.05, 0.1) is 6.04 Å². The first-order valence-corrected chi connectivity index (χ1v) is 6.84. The zero-order chi connectivity index (χ0) is 13.1. The molecule has 1 aromatic carbocycles. The summed E-state index contributed by atoms with van der Waals surface area (Å²) in [5.74, 6) is 6.49. The van der Waals surface area contributed by atoms with E-state index < -0.39 is 0 Å². The molecule has 1 aromatic heterocycles. The molecule has 1 aliphatic carbocycles. The summed E-state index contributed by atoms with van der Waals surface area (Å²) in [4.78, 5) is 4.06. The summed E-state index contributed by atoms with van der Waals surface area (Å²) in [6.45, 7) is 0. The molecule has 98 valence electrons. The van der Waals surface area contributed by atoms with E-state index in [4.69, 9.17) is 5.84 Å². The standard InChI is InChI=1S/C16H19N3/c17-19-16(13-7-9-18-10-8-13)15-6-2-5-14(11-15)12-3-1-4-12/h2,5-12,16,19H,1,3-4,17H2. The van der Waals surface area contributed by atoms with E-state index in [-0.39, 0.29) is 6.04 Å². The van der Waals surface area contributed by atoms with Gasteiger partial charge in [0.25, 0.3) is 0 Å². The summed E-state index contributed by atoms with van der Waals surface area (Å²) >= 11 is 0. The van der Waals surface area contributed by atoms with Gasteiger partial charge in [0, 0.05) is 12.4 Å². The van der Waals surface area contributed by atoms with Crippen LogP contribution in [0.1, 0.15) is 47.9 Å². The number of nitrogens with two attached hydrogens (primary N) is 1. The summed E-state index contributed by atoms with van der Waals surface area (Å²) in [5.41, 5.74) is 6.71. The maximum Gasteiger partial charge on any atom is 0.0711 e. The Morgan fingerprint density at radius 1 is 1.11 bits per heavy atom. The summed E-state index contributed by atoms with van der Waals surface area (Å²) in [7, 11) is 0. The van der Waals surface area contributed by atoms with E-state index in [1.165, 1.54) is 30.4 Å². The zero-order valence-electron chi connectivity index (χ0n) is 10.9. The lowest BCUT2D eigenvalue weighted by Crippen LogP contribution is -2.29. The Bertz CT molecular complexity index is 535. The van der Waals surface area contributed by atoms with Crippen LogP contribution in [0.2, 0.25) is 0 Å². The highest BCUT2D eigenvalue weighted by Crippen LogP contribution is 2.37. The van der Waals surface area contributed by atoms with Gasteiger partial charge in [0.15, 0.2) is 0 Å². The van der Waals surface area contributed by atoms with E-state index in [0.29, 0.717) is 0 Å². The second-order valence-corrected chi connectivity index (χ2v) is 5.18. The molecule has 1 atom stereocenters. The molecule has 2 aromatic rings. The van der Waals surface area contributed by atoms with Gasteiger partial charge in [0.1, 0.15) is 0 Å². The molecule has 0 aliphatic heterocycles. The van der Waals surface area contributed by atoms with Crippen molar-refractivity contribution in [3.05, 3.63) is 65.5 Å². The molecule has 0 bridgehead atoms. The summed E-state index contributed by atoms with van der Waals surface area (Å²) in [6, 6.07) is 12.8. The highest BCUT2D eigenvalue weighted by Gasteiger charge is 2.20. The number of aromatic nitrogens is 1. The third-order valence-corrected chi connectivity index (χ3v) is 4.03. The van der Waals surface area contributed by atoms with Crippen LogP contribution in [0, 0.1) is 0 Å². The molecule has 3 N–H and O–H groups in total. The smallest absolute Gasteiger partial charge is 0.0711 e. The first-order valence-electron chi connectivity index (χ1n) is 6.84. The van der Waals surface area contributed by atoms with Gasteiger partial charge >= 0.3 is 0 Å². The molecule has 1 unspecified atom stereocenters. The highest BCUT2D eigenvalue weighted by atomic mass is 15.2. The van der Waals surface area contributed by atoms with Crippen molar-refractivity contribution in [2.75, 3.05) is 0 Å². The van der Waals surface area contributed by atoms with Gasteiger partial charge in [0.2, 0.25) is 0 Å². The predicted octanol–water partition coefficient (Wildman–Crippen LogP) is 2.90. The molecule has 1 heterocycles. The van der Waals surface area contributed by atoms with Crippen LogP contribution in [0.4, 0.5) is 0 Å². The van der Waals surface area contributed by atoms with Crippen LogP contribution in [0.25, 0.3) is 0 Å². The molecule has 0 saturated heterocycles. The van der Waals surface area contributed by atoms with Gasteiger partial charge in [-0.15, -0.1) is 0 Å². The van der Waals surface area contributed by atoms with Crippen molar-refractivity contribution in [3.8, 4) is 0 Å². The second-order valence-electron chi connectivity index (χ2n) is 5.18. The number of hydrogen-bond donors (Lipinski definition) is 2. The van der Waals surface area contributed by atoms with Crippen molar-refractivity contribution in [1.29, 1.82) is 0 Å². The summed E-state index contributed by atoms with van der Waals surface area (Å²) in [5, 5.41) is 0. The largest absolute Gasteiger partial charge is 0.271 e. The van der Waals surface area contributed by atoms with Crippen molar-refractivity contribution in [2.24, 2.45) is 5.84 Å². The fourth-order valence-electron chi connectivity index (χ4n) is 2.67. The van der Waals surface area contributed by atoms with E-state index >= 15 is 0 Å². The van der Waals surface area contributed by atoms with Gasteiger partial charge in [-0.05, 0) is 47.6 Å². The summed E-state index contributed by atoms with van der Waals surface area (Å²) < 4.78 is 0. The third-order valence-electron chi connectivity index (χ3n) is 4.03. The van der Waals surface area contributed by atoms with Crippen molar-refractivity contribution in [3.63, 3.8) is 0 Å². The number of benzene rings is 1. The first-order chi connectivity index (χ1) is 9.38. The van der Waals surface area contributed by atoms with E-state index in [0.717, 1.165) is 11.5 Å². The Balaban J connectivity index is 1.91. The van der Waals surface area contributed by atoms with Crippen LogP contribution in [0.5, 0.6) is 0 Å². The Labute approximate surface area is 113 Å². The topological polar surface area (TPSA) is 50.9 Å². The molecule has 3 heteroatoms. The fourth-order valence-corrected chi connectivity index (χ4v) is 2.67. The molecule has 3 rings (SSSR count). The Hall–Kier alpha value is -1.71. The maximum absolute atomic E-state index is 5.74. The molecule has 0 radical (unpaired) electrons. The van der Waals surface area contributed by atoms with Gasteiger partial charge in [-0.1, -0.05) is 30.7 Å². The van der Waals surface area contributed by atoms with Gasteiger partial charge in [-0.25, -0.2) is 5.43 Å². The van der Waals surface area contributed by atoms with E-state index in [1.54, 1.807) is 12.4 Å². The van der Waals surface area contributed by atoms with Gasteiger partial charge in [-0.3, -0.25) is 10.8 Å². The first kappa shape index (κ1) is 12.3. The van der Waals surface area contributed by atoms with Crippen LogP contribution < -0.4 is 11.3 Å². The quantitative estimate of drug-likeness (QED) is 0.650. The van der Waals surface area contributed by atoms with Gasteiger partial charge < -0.3 is 0 Å². The summed E-state index contributed by atoms with van der Waals surface area (Å²) in [6.07, 6.45) is 7.60. The number of nitrogens with one attached hydrogen (secondary N) is 1. The van der Waals surface area contributed by atoms with Gasteiger partial charge in [-0.2, -0.15) is 0 Å². The highest BCUT2D eigenvalue weighted by molar-refractivity contribution is 5.35. The van der Waals surface area contributed by atoms with Crippen LogP contribution in [0.3, 0.4) is 0 Å². The molecular formula is C16H19N3. The third kappa shape index (κ3) is 2.53. The molecule has 19 heavy (non-hydrogen) atoms. The Morgan fingerprint density at radius 2 is 1.89 bits per heavy atom. The van der Waals surface area contributed by atoms with Crippen LogP contribution >= 0.6 is 0 Å². The normalized spacial score (nSPS) is 16.9. The molecule has 1 aliphatic rings. The molecule has 1 saturated carbocycles. The SMILES string of the molecule is NNC(c1ccncc1)c1cccc(C2CCC2)c1. The van der Waals surface area contributed by atoms with E-state index in [1.807, 2.05) is 12.1 Å². The van der Waals surface area contributed by atoms with Crippen molar-refractivity contribution >= 4 is 0 Å². The monoisotopic (exact) mass is 253 g/mol.